The number of nitrogens with one attached hydrogen (secondary N) is 2. The molecule has 12 heteroatoms. The van der Waals surface area contributed by atoms with Crippen molar-refractivity contribution in [1.29, 1.82) is 0 Å². The molecule has 4 N–H and O–H groups in total. The minimum absolute atomic E-state index is 0.0441. The number of halogens is 1. The SMILES string of the molecule is CCCNC(=O)NC(=Nc1ccc(Oc2ccnc(OCC(N)=O)c2)cc1)N(C=O)Cc1ccc(Cl)cc1. The Hall–Kier alpha value is -4.64. The number of hydrogen-bond acceptors (Lipinski definition) is 7. The summed E-state index contributed by atoms with van der Waals surface area (Å²) in [5.74, 6) is 0.532. The van der Waals surface area contributed by atoms with Gasteiger partial charge in [-0.3, -0.25) is 19.8 Å². The normalized spacial score (nSPS) is 10.8. The Kier molecular flexibility index (Phi) is 10.4. The van der Waals surface area contributed by atoms with Gasteiger partial charge in [-0.1, -0.05) is 30.7 Å². The van der Waals surface area contributed by atoms with Crippen molar-refractivity contribution >= 4 is 41.6 Å². The molecule has 0 aliphatic carbocycles. The van der Waals surface area contributed by atoms with Crippen LogP contribution in [0.15, 0.2) is 71.9 Å². The number of benzene rings is 2. The quantitative estimate of drug-likeness (QED) is 0.192. The molecule has 3 rings (SSSR count). The number of carbonyl (C=O) groups excluding carboxylic acids is 3. The molecular weight excluding hydrogens is 512 g/mol. The Morgan fingerprint density at radius 2 is 1.84 bits per heavy atom. The molecule has 1 heterocycles. The second kappa shape index (κ2) is 14.2. The van der Waals surface area contributed by atoms with Gasteiger partial charge in [0.2, 0.25) is 18.2 Å². The molecule has 3 aromatic rings. The van der Waals surface area contributed by atoms with Crippen LogP contribution in [0.3, 0.4) is 0 Å². The number of nitrogens with two attached hydrogens (primary N) is 1. The number of ether oxygens (including phenoxy) is 2. The fraction of sp³-hybridized carbons (Fsp3) is 0.192. The number of primary amides is 1. The smallest absolute Gasteiger partial charge is 0.321 e. The van der Waals surface area contributed by atoms with Crippen molar-refractivity contribution in [1.82, 2.24) is 20.5 Å². The summed E-state index contributed by atoms with van der Waals surface area (Å²) in [5, 5.41) is 5.92. The van der Waals surface area contributed by atoms with Crippen LogP contribution in [0.5, 0.6) is 17.4 Å². The maximum atomic E-state index is 12.4. The maximum absolute atomic E-state index is 12.4. The van der Waals surface area contributed by atoms with Crippen molar-refractivity contribution in [3.05, 3.63) is 77.4 Å². The lowest BCUT2D eigenvalue weighted by Gasteiger charge is -2.20. The Morgan fingerprint density at radius 1 is 1.11 bits per heavy atom. The standard InChI is InChI=1S/C26H27ClN6O5/c1-2-12-30-26(36)32-25(33(17-34)15-18-3-5-19(27)6-4-18)31-20-7-9-21(10-8-20)38-22-11-13-29-24(14-22)37-16-23(28)35/h3-11,13-14,17H,2,12,15-16H2,1H3,(H2,28,35)(H2,30,31,32,36). The molecule has 0 unspecified atom stereocenters. The summed E-state index contributed by atoms with van der Waals surface area (Å²) in [6.45, 7) is 2.26. The topological polar surface area (TPSA) is 148 Å². The Labute approximate surface area is 224 Å². The molecule has 2 aromatic carbocycles. The largest absolute Gasteiger partial charge is 0.467 e. The van der Waals surface area contributed by atoms with Crippen molar-refractivity contribution in [3.63, 3.8) is 0 Å². The highest BCUT2D eigenvalue weighted by Crippen LogP contribution is 2.26. The lowest BCUT2D eigenvalue weighted by atomic mass is 10.2. The summed E-state index contributed by atoms with van der Waals surface area (Å²) in [7, 11) is 0. The molecule has 11 nitrogen and oxygen atoms in total. The van der Waals surface area contributed by atoms with Crippen LogP contribution in [0.25, 0.3) is 0 Å². The number of amides is 4. The first kappa shape index (κ1) is 27.9. The van der Waals surface area contributed by atoms with E-state index in [2.05, 4.69) is 20.6 Å². The average Bonchev–Trinajstić information content (AvgIpc) is 2.91. The first-order chi connectivity index (χ1) is 18.4. The number of aliphatic imine (C=N–C) groups is 1. The van der Waals surface area contributed by atoms with E-state index in [-0.39, 0.29) is 25.0 Å². The lowest BCUT2D eigenvalue weighted by Crippen LogP contribution is -2.47. The molecule has 0 radical (unpaired) electrons. The fourth-order valence-corrected chi connectivity index (χ4v) is 3.15. The lowest BCUT2D eigenvalue weighted by molar-refractivity contribution is -0.120. The zero-order valence-electron chi connectivity index (χ0n) is 20.6. The van der Waals surface area contributed by atoms with E-state index in [1.165, 1.54) is 17.2 Å². The summed E-state index contributed by atoms with van der Waals surface area (Å²) in [6, 6.07) is 16.3. The van der Waals surface area contributed by atoms with Crippen molar-refractivity contribution in [3.8, 4) is 17.4 Å². The van der Waals surface area contributed by atoms with E-state index in [9.17, 15) is 14.4 Å². The van der Waals surface area contributed by atoms with E-state index in [1.807, 2.05) is 6.92 Å². The van der Waals surface area contributed by atoms with Crippen LogP contribution >= 0.6 is 11.6 Å². The molecule has 0 spiro atoms. The van der Waals surface area contributed by atoms with Gasteiger partial charge in [0.25, 0.3) is 5.91 Å². The molecule has 1 aromatic heterocycles. The van der Waals surface area contributed by atoms with Crippen molar-refractivity contribution in [2.24, 2.45) is 10.7 Å². The highest BCUT2D eigenvalue weighted by atomic mass is 35.5. The number of hydrogen-bond donors (Lipinski definition) is 3. The highest BCUT2D eigenvalue weighted by Gasteiger charge is 2.15. The number of pyridine rings is 1. The monoisotopic (exact) mass is 538 g/mol. The van der Waals surface area contributed by atoms with E-state index in [1.54, 1.807) is 54.6 Å². The number of guanidine groups is 1. The Morgan fingerprint density at radius 3 is 2.50 bits per heavy atom. The summed E-state index contributed by atoms with van der Waals surface area (Å²) in [5.41, 5.74) is 6.34. The maximum Gasteiger partial charge on any atom is 0.321 e. The molecule has 4 amide bonds. The van der Waals surface area contributed by atoms with Crippen LogP contribution in [-0.4, -0.2) is 47.3 Å². The fourth-order valence-electron chi connectivity index (χ4n) is 3.02. The van der Waals surface area contributed by atoms with E-state index in [0.717, 1.165) is 12.0 Å². The van der Waals surface area contributed by atoms with Gasteiger partial charge in [-0.2, -0.15) is 0 Å². The third-order valence-electron chi connectivity index (χ3n) is 4.80. The van der Waals surface area contributed by atoms with Gasteiger partial charge in [0, 0.05) is 23.8 Å². The first-order valence-electron chi connectivity index (χ1n) is 11.6. The molecule has 0 aliphatic rings. The van der Waals surface area contributed by atoms with E-state index >= 15 is 0 Å². The molecule has 0 atom stereocenters. The highest BCUT2D eigenvalue weighted by molar-refractivity contribution is 6.30. The molecule has 0 fully saturated rings. The molecule has 198 valence electrons. The van der Waals surface area contributed by atoms with Crippen molar-refractivity contribution in [2.75, 3.05) is 13.2 Å². The minimum atomic E-state index is -0.618. The number of rotatable bonds is 11. The molecule has 38 heavy (non-hydrogen) atoms. The predicted molar refractivity (Wildman–Crippen MR) is 142 cm³/mol. The van der Waals surface area contributed by atoms with Gasteiger partial charge in [-0.05, 0) is 54.4 Å². The van der Waals surface area contributed by atoms with E-state index in [4.69, 9.17) is 26.8 Å². The van der Waals surface area contributed by atoms with Gasteiger partial charge in [0.15, 0.2) is 6.61 Å². The summed E-state index contributed by atoms with van der Waals surface area (Å²) in [4.78, 5) is 45.0. The van der Waals surface area contributed by atoms with Gasteiger partial charge in [-0.25, -0.2) is 14.8 Å². The average molecular weight is 539 g/mol. The van der Waals surface area contributed by atoms with Gasteiger partial charge in [0.1, 0.15) is 11.5 Å². The zero-order valence-corrected chi connectivity index (χ0v) is 21.4. The van der Waals surface area contributed by atoms with Gasteiger partial charge in [-0.15, -0.1) is 0 Å². The molecule has 0 saturated heterocycles. The molecular formula is C26H27ClN6O5. The van der Waals surface area contributed by atoms with E-state index in [0.29, 0.717) is 35.2 Å². The summed E-state index contributed by atoms with van der Waals surface area (Å²) in [6.07, 6.45) is 2.81. The van der Waals surface area contributed by atoms with Crippen molar-refractivity contribution < 1.29 is 23.9 Å². The van der Waals surface area contributed by atoms with Crippen LogP contribution in [0.2, 0.25) is 5.02 Å². The zero-order chi connectivity index (χ0) is 27.3. The third-order valence-corrected chi connectivity index (χ3v) is 5.05. The number of aromatic nitrogens is 1. The second-order valence-electron chi connectivity index (χ2n) is 7.86. The Bertz CT molecular complexity index is 1270. The van der Waals surface area contributed by atoms with Crippen LogP contribution in [0.1, 0.15) is 18.9 Å². The summed E-state index contributed by atoms with van der Waals surface area (Å²) >= 11 is 5.96. The van der Waals surface area contributed by atoms with Crippen LogP contribution in [-0.2, 0) is 16.1 Å². The van der Waals surface area contributed by atoms with Crippen LogP contribution < -0.4 is 25.8 Å². The molecule has 0 saturated carbocycles. The molecule has 0 bridgehead atoms. The summed E-state index contributed by atoms with van der Waals surface area (Å²) < 4.78 is 11.0. The third kappa shape index (κ3) is 9.10. The van der Waals surface area contributed by atoms with E-state index < -0.39 is 11.9 Å². The minimum Gasteiger partial charge on any atom is -0.467 e. The number of carbonyl (C=O) groups is 3. The first-order valence-corrected chi connectivity index (χ1v) is 12.0. The van der Waals surface area contributed by atoms with Crippen molar-refractivity contribution in [2.45, 2.75) is 19.9 Å². The number of nitrogens with zero attached hydrogens (tertiary/aromatic N) is 3. The predicted octanol–water partition coefficient (Wildman–Crippen LogP) is 3.75. The second-order valence-corrected chi connectivity index (χ2v) is 8.29. The van der Waals surface area contributed by atoms with Gasteiger partial charge < -0.3 is 20.5 Å². The Balaban J connectivity index is 1.78. The van der Waals surface area contributed by atoms with Gasteiger partial charge in [0.05, 0.1) is 12.2 Å². The van der Waals surface area contributed by atoms with Crippen LogP contribution in [0, 0.1) is 0 Å². The molecule has 0 aliphatic heterocycles. The number of urea groups is 1. The van der Waals surface area contributed by atoms with Crippen LogP contribution in [0.4, 0.5) is 10.5 Å². The van der Waals surface area contributed by atoms with Gasteiger partial charge >= 0.3 is 6.03 Å².